The number of hydrogen-bond donors (Lipinski definition) is 2. The summed E-state index contributed by atoms with van der Waals surface area (Å²) in [5.41, 5.74) is 1.54. The molecule has 2 aromatic rings. The number of benzene rings is 1. The van der Waals surface area contributed by atoms with Gasteiger partial charge in [-0.3, -0.25) is 0 Å². The van der Waals surface area contributed by atoms with Crippen molar-refractivity contribution in [1.82, 2.24) is 9.97 Å². The molecule has 0 radical (unpaired) electrons. The monoisotopic (exact) mass is 355 g/mol. The van der Waals surface area contributed by atoms with Crippen molar-refractivity contribution in [2.45, 2.75) is 33.1 Å². The Morgan fingerprint density at radius 1 is 1.23 bits per heavy atom. The molecule has 0 saturated carbocycles. The van der Waals surface area contributed by atoms with Crippen LogP contribution in [0.1, 0.15) is 43.3 Å². The Balaban J connectivity index is 1.97. The highest BCUT2D eigenvalue weighted by Gasteiger charge is 2.19. The van der Waals surface area contributed by atoms with Gasteiger partial charge in [0.1, 0.15) is 28.9 Å². The maximum absolute atomic E-state index is 10.4. The summed E-state index contributed by atoms with van der Waals surface area (Å²) in [5.74, 6) is 7.82. The Hall–Kier alpha value is -2.83. The number of piperidine rings is 1. The van der Waals surface area contributed by atoms with E-state index in [-0.39, 0.29) is 5.75 Å². The van der Waals surface area contributed by atoms with Crippen molar-refractivity contribution < 1.29 is 9.84 Å². The van der Waals surface area contributed by atoms with E-state index >= 15 is 0 Å². The topological polar surface area (TPSA) is 96.9 Å². The minimum Gasteiger partial charge on any atom is -0.507 e. The molecule has 0 amide bonds. The van der Waals surface area contributed by atoms with Gasteiger partial charge in [-0.05, 0) is 45.2 Å². The average Bonchev–Trinajstić information content (AvgIpc) is 2.64. The van der Waals surface area contributed by atoms with Crippen LogP contribution < -0.4 is 15.5 Å². The summed E-state index contributed by atoms with van der Waals surface area (Å²) >= 11 is 0. The summed E-state index contributed by atoms with van der Waals surface area (Å²) in [4.78, 5) is 11.3. The van der Waals surface area contributed by atoms with Crippen molar-refractivity contribution in [1.29, 1.82) is 0 Å². The van der Waals surface area contributed by atoms with Gasteiger partial charge in [0.15, 0.2) is 0 Å². The van der Waals surface area contributed by atoms with Gasteiger partial charge >= 0.3 is 0 Å². The molecular weight excluding hydrogens is 330 g/mol. The molecular formula is C19H25N5O2. The third-order valence-corrected chi connectivity index (χ3v) is 4.41. The second-order valence-electron chi connectivity index (χ2n) is 6.30. The fourth-order valence-corrected chi connectivity index (χ4v) is 3.20. The first-order chi connectivity index (χ1) is 12.6. The summed E-state index contributed by atoms with van der Waals surface area (Å²) in [6, 6.07) is 6.97. The molecule has 0 atom stereocenters. The Morgan fingerprint density at radius 2 is 2.00 bits per heavy atom. The van der Waals surface area contributed by atoms with Crippen molar-refractivity contribution >= 4 is 11.5 Å². The predicted octanol–water partition coefficient (Wildman–Crippen LogP) is 2.59. The number of aryl methyl sites for hydroxylation is 1. The number of aromatic hydroxyl groups is 1. The number of phenols is 1. The van der Waals surface area contributed by atoms with Crippen LogP contribution in [0, 0.1) is 6.92 Å². The van der Waals surface area contributed by atoms with E-state index in [1.807, 2.05) is 19.9 Å². The van der Waals surface area contributed by atoms with Crippen molar-refractivity contribution in [3.05, 3.63) is 41.3 Å². The lowest BCUT2D eigenvalue weighted by molar-refractivity contribution is 0.337. The van der Waals surface area contributed by atoms with Gasteiger partial charge in [-0.1, -0.05) is 0 Å². The molecule has 1 aromatic carbocycles. The second-order valence-corrected chi connectivity index (χ2v) is 6.30. The standard InChI is InChI=1S/C19H25N5O2/c1-3-26-14-7-8-15(17(25)11-14)19(23-20)16-12-18(22-13(2)21-16)24-9-5-4-6-10-24/h7-8,11-12,25H,3-6,9-10,20H2,1-2H3/b23-19+. The zero-order valence-corrected chi connectivity index (χ0v) is 15.3. The molecule has 1 saturated heterocycles. The number of aromatic nitrogens is 2. The molecule has 0 bridgehead atoms. The smallest absolute Gasteiger partial charge is 0.132 e. The summed E-state index contributed by atoms with van der Waals surface area (Å²) in [6.45, 7) is 6.24. The molecule has 1 aromatic heterocycles. The van der Waals surface area contributed by atoms with Crippen LogP contribution in [0.25, 0.3) is 0 Å². The van der Waals surface area contributed by atoms with Crippen LogP contribution in [0.2, 0.25) is 0 Å². The van der Waals surface area contributed by atoms with E-state index in [2.05, 4.69) is 20.0 Å². The maximum Gasteiger partial charge on any atom is 0.132 e. The molecule has 1 aliphatic rings. The van der Waals surface area contributed by atoms with Crippen LogP contribution in [0.3, 0.4) is 0 Å². The van der Waals surface area contributed by atoms with Gasteiger partial charge < -0.3 is 20.6 Å². The summed E-state index contributed by atoms with van der Waals surface area (Å²) in [7, 11) is 0. The van der Waals surface area contributed by atoms with Crippen LogP contribution in [-0.2, 0) is 0 Å². The van der Waals surface area contributed by atoms with Crippen LogP contribution in [0.5, 0.6) is 11.5 Å². The van der Waals surface area contributed by atoms with Gasteiger partial charge in [0, 0.05) is 30.8 Å². The molecule has 7 heteroatoms. The van der Waals surface area contributed by atoms with Crippen molar-refractivity contribution in [2.75, 3.05) is 24.6 Å². The van der Waals surface area contributed by atoms with E-state index in [9.17, 15) is 5.11 Å². The van der Waals surface area contributed by atoms with Gasteiger partial charge in [-0.2, -0.15) is 5.10 Å². The number of nitrogens with two attached hydrogens (primary N) is 1. The molecule has 2 heterocycles. The largest absolute Gasteiger partial charge is 0.507 e. The minimum atomic E-state index is 0.0518. The Bertz CT molecular complexity index is 801. The zero-order valence-electron chi connectivity index (χ0n) is 15.3. The number of anilines is 1. The number of phenolic OH excluding ortho intramolecular Hbond substituents is 1. The minimum absolute atomic E-state index is 0.0518. The van der Waals surface area contributed by atoms with Crippen molar-refractivity contribution in [3.8, 4) is 11.5 Å². The van der Waals surface area contributed by atoms with Crippen LogP contribution in [0.4, 0.5) is 5.82 Å². The van der Waals surface area contributed by atoms with E-state index in [1.54, 1.807) is 18.2 Å². The fourth-order valence-electron chi connectivity index (χ4n) is 3.20. The molecule has 7 nitrogen and oxygen atoms in total. The van der Waals surface area contributed by atoms with Crippen molar-refractivity contribution in [2.24, 2.45) is 10.9 Å². The van der Waals surface area contributed by atoms with Gasteiger partial charge in [0.25, 0.3) is 0 Å². The van der Waals surface area contributed by atoms with Gasteiger partial charge in [-0.15, -0.1) is 0 Å². The van der Waals surface area contributed by atoms with Gasteiger partial charge in [-0.25, -0.2) is 9.97 Å². The Morgan fingerprint density at radius 3 is 2.65 bits per heavy atom. The molecule has 138 valence electrons. The molecule has 0 unspecified atom stereocenters. The SMILES string of the molecule is CCOc1ccc(/C(=N\N)c2cc(N3CCCCC3)nc(C)n2)c(O)c1. The van der Waals surface area contributed by atoms with Gasteiger partial charge in [0.2, 0.25) is 0 Å². The lowest BCUT2D eigenvalue weighted by atomic mass is 10.0. The maximum atomic E-state index is 10.4. The molecule has 26 heavy (non-hydrogen) atoms. The van der Waals surface area contributed by atoms with Gasteiger partial charge in [0.05, 0.1) is 12.3 Å². The highest BCUT2D eigenvalue weighted by Crippen LogP contribution is 2.27. The third kappa shape index (κ3) is 3.87. The number of hydrazone groups is 1. The molecule has 0 aliphatic carbocycles. The van der Waals surface area contributed by atoms with E-state index in [0.29, 0.717) is 35.1 Å². The third-order valence-electron chi connectivity index (χ3n) is 4.41. The van der Waals surface area contributed by atoms with Crippen LogP contribution in [-0.4, -0.2) is 40.5 Å². The number of hydrogen-bond acceptors (Lipinski definition) is 7. The van der Waals surface area contributed by atoms with Crippen LogP contribution in [0.15, 0.2) is 29.4 Å². The number of ether oxygens (including phenoxy) is 1. The van der Waals surface area contributed by atoms with E-state index in [0.717, 1.165) is 31.7 Å². The van der Waals surface area contributed by atoms with E-state index < -0.39 is 0 Å². The molecule has 0 spiro atoms. The first-order valence-corrected chi connectivity index (χ1v) is 8.97. The summed E-state index contributed by atoms with van der Waals surface area (Å²) in [5, 5.41) is 14.3. The normalized spacial score (nSPS) is 15.2. The number of rotatable bonds is 5. The first-order valence-electron chi connectivity index (χ1n) is 8.97. The molecule has 3 rings (SSSR count). The first kappa shape index (κ1) is 18.0. The average molecular weight is 355 g/mol. The summed E-state index contributed by atoms with van der Waals surface area (Å²) in [6.07, 6.45) is 3.58. The quantitative estimate of drug-likeness (QED) is 0.486. The number of nitrogens with zero attached hydrogens (tertiary/aromatic N) is 4. The molecule has 1 aliphatic heterocycles. The predicted molar refractivity (Wildman–Crippen MR) is 102 cm³/mol. The highest BCUT2D eigenvalue weighted by molar-refractivity contribution is 6.13. The zero-order chi connectivity index (χ0) is 18.5. The van der Waals surface area contributed by atoms with E-state index in [4.69, 9.17) is 10.6 Å². The Kier molecular flexibility index (Phi) is 5.55. The Labute approximate surface area is 153 Å². The second kappa shape index (κ2) is 8.03. The molecule has 1 fully saturated rings. The van der Waals surface area contributed by atoms with Crippen molar-refractivity contribution in [3.63, 3.8) is 0 Å². The van der Waals surface area contributed by atoms with E-state index in [1.165, 1.54) is 6.42 Å². The fraction of sp³-hybridized carbons (Fsp3) is 0.421. The molecule has 3 N–H and O–H groups in total. The lowest BCUT2D eigenvalue weighted by Crippen LogP contribution is -2.30. The highest BCUT2D eigenvalue weighted by atomic mass is 16.5. The van der Waals surface area contributed by atoms with Crippen LogP contribution >= 0.6 is 0 Å². The lowest BCUT2D eigenvalue weighted by Gasteiger charge is -2.28. The summed E-state index contributed by atoms with van der Waals surface area (Å²) < 4.78 is 5.41.